The molecule has 14 atom stereocenters. The van der Waals surface area contributed by atoms with Crippen LogP contribution in [-0.2, 0) is 28.4 Å². The molecule has 9 heteroatoms. The molecule has 6 fully saturated rings. The molecule has 7 bridgehead atoms. The highest BCUT2D eigenvalue weighted by molar-refractivity contribution is 5.89. The Kier molecular flexibility index (Phi) is 7.09. The summed E-state index contributed by atoms with van der Waals surface area (Å²) in [5, 5.41) is 12.4. The van der Waals surface area contributed by atoms with Gasteiger partial charge in [0.2, 0.25) is 0 Å². The van der Waals surface area contributed by atoms with Crippen LogP contribution in [0.3, 0.4) is 0 Å². The second kappa shape index (κ2) is 10.2. The van der Waals surface area contributed by atoms with Crippen molar-refractivity contribution in [1.82, 2.24) is 4.90 Å². The van der Waals surface area contributed by atoms with Gasteiger partial charge in [-0.05, 0) is 43.9 Å². The summed E-state index contributed by atoms with van der Waals surface area (Å²) in [5.74, 6) is -0.731. The number of aliphatic hydroxyl groups excluding tert-OH is 1. The average Bonchev–Trinajstić information content (AvgIpc) is 3.43. The van der Waals surface area contributed by atoms with Crippen molar-refractivity contribution in [3.8, 4) is 0 Å². The molecule has 0 radical (unpaired) electrons. The maximum Gasteiger partial charge on any atom is 0.338 e. The summed E-state index contributed by atoms with van der Waals surface area (Å²) in [4.78, 5) is 16.3. The molecule has 1 spiro atoms. The molecule has 7 rings (SSSR count). The third-order valence-corrected chi connectivity index (χ3v) is 13.0. The van der Waals surface area contributed by atoms with Crippen LogP contribution in [0.5, 0.6) is 0 Å². The molecule has 6 aliphatic rings. The Hall–Kier alpha value is -1.59. The highest BCUT2D eigenvalue weighted by Gasteiger charge is 2.88. The van der Waals surface area contributed by atoms with Gasteiger partial charge in [0.15, 0.2) is 0 Å². The fourth-order valence-corrected chi connectivity index (χ4v) is 12.3. The van der Waals surface area contributed by atoms with Gasteiger partial charge in [-0.1, -0.05) is 25.1 Å². The second-order valence-corrected chi connectivity index (χ2v) is 13.7. The zero-order chi connectivity index (χ0) is 29.6. The molecular weight excluding hydrogens is 538 g/mol. The molecule has 1 unspecified atom stereocenters. The van der Waals surface area contributed by atoms with E-state index >= 15 is 0 Å². The van der Waals surface area contributed by atoms with Crippen molar-refractivity contribution in [3.05, 3.63) is 35.9 Å². The van der Waals surface area contributed by atoms with Crippen LogP contribution in [0.25, 0.3) is 0 Å². The molecule has 1 aromatic carbocycles. The average molecular weight is 586 g/mol. The number of carbonyl (C=O) groups is 1. The number of carbonyl (C=O) groups excluding carboxylic acids is 1. The van der Waals surface area contributed by atoms with E-state index in [1.165, 1.54) is 0 Å². The number of hydrogen-bond donors (Lipinski definition) is 1. The molecule has 1 saturated heterocycles. The Labute approximate surface area is 249 Å². The number of esters is 1. The topological polar surface area (TPSA) is 95.9 Å². The van der Waals surface area contributed by atoms with Gasteiger partial charge in [-0.25, -0.2) is 4.79 Å². The molecule has 1 heterocycles. The first-order valence-electron chi connectivity index (χ1n) is 15.7. The fourth-order valence-electron chi connectivity index (χ4n) is 12.3. The second-order valence-electron chi connectivity index (χ2n) is 13.7. The Bertz CT molecular complexity index is 1180. The first-order valence-corrected chi connectivity index (χ1v) is 15.7. The van der Waals surface area contributed by atoms with Crippen molar-refractivity contribution < 1.29 is 38.3 Å². The van der Waals surface area contributed by atoms with Crippen molar-refractivity contribution in [2.45, 2.75) is 68.3 Å². The molecule has 1 aromatic rings. The predicted octanol–water partition coefficient (Wildman–Crippen LogP) is 2.65. The van der Waals surface area contributed by atoms with Gasteiger partial charge in [-0.2, -0.15) is 0 Å². The predicted molar refractivity (Wildman–Crippen MR) is 153 cm³/mol. The summed E-state index contributed by atoms with van der Waals surface area (Å²) in [6.45, 7) is 4.65. The van der Waals surface area contributed by atoms with Crippen LogP contribution < -0.4 is 0 Å². The van der Waals surface area contributed by atoms with Gasteiger partial charge >= 0.3 is 5.97 Å². The van der Waals surface area contributed by atoms with Crippen molar-refractivity contribution in [3.63, 3.8) is 0 Å². The largest absolute Gasteiger partial charge is 0.458 e. The molecule has 42 heavy (non-hydrogen) atoms. The van der Waals surface area contributed by atoms with Crippen LogP contribution in [0.15, 0.2) is 30.3 Å². The number of aliphatic hydroxyl groups is 1. The molecular formula is C33H47NO8. The number of methoxy groups -OCH3 is 5. The zero-order valence-electron chi connectivity index (χ0n) is 25.7. The third kappa shape index (κ3) is 3.26. The minimum Gasteiger partial charge on any atom is -0.458 e. The van der Waals surface area contributed by atoms with E-state index in [0.29, 0.717) is 12.2 Å². The highest BCUT2D eigenvalue weighted by atomic mass is 16.6. The number of nitrogens with zero attached hydrogens (tertiary/aromatic N) is 1. The van der Waals surface area contributed by atoms with E-state index in [-0.39, 0.29) is 64.6 Å². The molecule has 5 saturated carbocycles. The lowest BCUT2D eigenvalue weighted by Gasteiger charge is -2.69. The lowest BCUT2D eigenvalue weighted by atomic mass is 9.43. The zero-order valence-corrected chi connectivity index (χ0v) is 25.7. The van der Waals surface area contributed by atoms with Crippen molar-refractivity contribution in [2.24, 2.45) is 40.4 Å². The van der Waals surface area contributed by atoms with Gasteiger partial charge in [0.25, 0.3) is 0 Å². The number of rotatable bonds is 9. The van der Waals surface area contributed by atoms with E-state index in [1.807, 2.05) is 32.4 Å². The minimum absolute atomic E-state index is 0.00250. The van der Waals surface area contributed by atoms with Crippen LogP contribution >= 0.6 is 0 Å². The lowest BCUT2D eigenvalue weighted by molar-refractivity contribution is -0.306. The van der Waals surface area contributed by atoms with Crippen LogP contribution in [0, 0.1) is 40.4 Å². The Morgan fingerprint density at radius 2 is 1.74 bits per heavy atom. The smallest absolute Gasteiger partial charge is 0.338 e. The maximum absolute atomic E-state index is 13.6. The third-order valence-electron chi connectivity index (χ3n) is 13.0. The van der Waals surface area contributed by atoms with Gasteiger partial charge in [-0.3, -0.25) is 4.90 Å². The van der Waals surface area contributed by atoms with Crippen LogP contribution in [0.2, 0.25) is 0 Å². The summed E-state index contributed by atoms with van der Waals surface area (Å²) in [5.41, 5.74) is -0.931. The van der Waals surface area contributed by atoms with Crippen molar-refractivity contribution in [1.29, 1.82) is 0 Å². The van der Waals surface area contributed by atoms with Crippen LogP contribution in [0.1, 0.15) is 36.5 Å². The van der Waals surface area contributed by atoms with E-state index < -0.39 is 23.9 Å². The van der Waals surface area contributed by atoms with Crippen LogP contribution in [-0.4, -0.2) is 113 Å². The van der Waals surface area contributed by atoms with E-state index in [0.717, 1.165) is 32.4 Å². The van der Waals surface area contributed by atoms with Gasteiger partial charge < -0.3 is 33.5 Å². The number of piperidine rings is 1. The highest BCUT2D eigenvalue weighted by Crippen LogP contribution is 2.80. The van der Waals surface area contributed by atoms with Gasteiger partial charge in [-0.15, -0.1) is 0 Å². The van der Waals surface area contributed by atoms with Gasteiger partial charge in [0.1, 0.15) is 17.8 Å². The molecule has 232 valence electrons. The molecule has 9 nitrogen and oxygen atoms in total. The lowest BCUT2D eigenvalue weighted by Crippen LogP contribution is -2.79. The number of ether oxygens (including phenoxy) is 6. The quantitative estimate of drug-likeness (QED) is 0.439. The molecule has 1 aliphatic heterocycles. The minimum atomic E-state index is -1.04. The number of benzene rings is 1. The molecule has 1 N–H and O–H groups in total. The summed E-state index contributed by atoms with van der Waals surface area (Å²) in [7, 11) is 8.83. The van der Waals surface area contributed by atoms with Gasteiger partial charge in [0, 0.05) is 82.6 Å². The van der Waals surface area contributed by atoms with Gasteiger partial charge in [0.05, 0.1) is 30.5 Å². The normalized spacial score (nSPS) is 50.1. The Morgan fingerprint density at radius 1 is 1.00 bits per heavy atom. The van der Waals surface area contributed by atoms with E-state index in [1.54, 1.807) is 33.5 Å². The van der Waals surface area contributed by atoms with Crippen molar-refractivity contribution in [2.75, 3.05) is 55.2 Å². The monoisotopic (exact) mass is 585 g/mol. The Balaban J connectivity index is 1.46. The van der Waals surface area contributed by atoms with E-state index in [2.05, 4.69) is 11.8 Å². The Morgan fingerprint density at radius 3 is 2.36 bits per heavy atom. The summed E-state index contributed by atoms with van der Waals surface area (Å²) in [6.07, 6.45) is 0.557. The first kappa shape index (κ1) is 29.1. The van der Waals surface area contributed by atoms with Crippen molar-refractivity contribution >= 4 is 5.97 Å². The molecule has 5 aliphatic carbocycles. The maximum atomic E-state index is 13.6. The number of fused-ring (bicyclic) bond motifs is 2. The molecule has 0 amide bonds. The summed E-state index contributed by atoms with van der Waals surface area (Å²) in [6, 6.07) is 9.24. The SMILES string of the molecule is CCN1C[C@]2(COC)CCC(OC)[C@@]34[C@@H]5C[C@@H]6[C@@H](OC)[C@H](O)[C@@](OC)([C@H]5[C@H]6OC(=O)c5ccccc5)[C@@H]([C@H](OC)[C@H]23)[C@@H]14. The van der Waals surface area contributed by atoms with E-state index in [4.69, 9.17) is 28.4 Å². The number of hydrogen-bond acceptors (Lipinski definition) is 9. The standard InChI is InChI=1S/C33H47NO8/c1-7-34-16-31(17-37-2)14-13-21(38-3)32-20-15-19-24(42-30(36)18-11-9-8-10-12-18)22(20)33(41-6,29(35)25(19)39-4)23(28(32)34)26(40-5)27(31)32/h8-12,19-29,35H,7,13-17H2,1-6H3/t19-,20+,21?,22+,23-,24-,25+,26-,27+,28+,29-,31-,32-,33+/m0/s1. The fraction of sp³-hybridized carbons (Fsp3) is 0.788. The molecule has 0 aromatic heterocycles. The number of likely N-dealkylation sites (tertiary alicyclic amines) is 1. The first-order chi connectivity index (χ1) is 20.4. The summed E-state index contributed by atoms with van der Waals surface area (Å²) < 4.78 is 38.5. The summed E-state index contributed by atoms with van der Waals surface area (Å²) >= 11 is 0. The van der Waals surface area contributed by atoms with Crippen LogP contribution in [0.4, 0.5) is 0 Å². The van der Waals surface area contributed by atoms with E-state index in [9.17, 15) is 9.90 Å².